The molecule has 0 bridgehead atoms. The first-order chi connectivity index (χ1) is 27.1. The molecule has 1 amide bonds. The summed E-state index contributed by atoms with van der Waals surface area (Å²) >= 11 is 5.73. The Morgan fingerprint density at radius 2 is 1.46 bits per heavy atom. The Balaban J connectivity index is 0.000000162. The molecule has 0 saturated heterocycles. The topological polar surface area (TPSA) is 154 Å². The van der Waals surface area contributed by atoms with Crippen molar-refractivity contribution in [3.63, 3.8) is 0 Å². The zero-order valence-electron chi connectivity index (χ0n) is 31.0. The molecule has 8 rings (SSSR count). The van der Waals surface area contributed by atoms with Gasteiger partial charge in [0.2, 0.25) is 0 Å². The van der Waals surface area contributed by atoms with E-state index in [0.29, 0.717) is 29.4 Å². The first-order valence-electron chi connectivity index (χ1n) is 18.1. The Labute approximate surface area is 327 Å². The maximum atomic E-state index is 12.6. The van der Waals surface area contributed by atoms with Crippen LogP contribution in [-0.2, 0) is 40.0 Å². The van der Waals surface area contributed by atoms with Gasteiger partial charge < -0.3 is 34.6 Å². The van der Waals surface area contributed by atoms with Crippen molar-refractivity contribution in [1.82, 2.24) is 49.7 Å². The van der Waals surface area contributed by atoms with Gasteiger partial charge in [-0.3, -0.25) is 9.59 Å². The lowest BCUT2D eigenvalue weighted by Gasteiger charge is -2.29. The van der Waals surface area contributed by atoms with E-state index in [2.05, 4.69) is 45.4 Å². The van der Waals surface area contributed by atoms with Crippen LogP contribution < -0.4 is 15.5 Å². The van der Waals surface area contributed by atoms with Crippen molar-refractivity contribution in [2.24, 2.45) is 14.1 Å². The number of alkyl halides is 6. The molecule has 0 atom stereocenters. The standard InChI is InChI=1S/C19H20F3N5O.C12H16F3N3O.C6H4ClN3/c1-26-9-14(16(28)3-2-6-19(20,21)22)13-10-27(8-5-15(13)26)18-12-4-7-23-17(12)24-11-25-18;1-18-7-9(8-6-16-4-2-10(8)18)11(19)17-5-3-12(13,14)15;7-5-4-1-2-8-6(4)10-3-9-5/h4,7,9,11H,2-3,5-6,8,10H2,1H3,(H,23,24,25);7,16H,2-6H2,1H3,(H,17,19);1-3H,(H,8,9,10). The Hall–Kier alpha value is -5.43. The molecule has 0 aliphatic carbocycles. The average molecular weight is 820 g/mol. The lowest BCUT2D eigenvalue weighted by molar-refractivity contribution is -0.135. The lowest BCUT2D eigenvalue weighted by atomic mass is 9.99. The minimum atomic E-state index is -4.25. The van der Waals surface area contributed by atoms with Crippen LogP contribution in [-0.4, -0.2) is 82.7 Å². The third kappa shape index (κ3) is 10.1. The number of carbonyl (C=O) groups is 2. The molecule has 2 aliphatic heterocycles. The summed E-state index contributed by atoms with van der Waals surface area (Å²) in [4.78, 5) is 48.9. The number of ketones is 1. The van der Waals surface area contributed by atoms with E-state index in [1.807, 2.05) is 35.4 Å². The summed E-state index contributed by atoms with van der Waals surface area (Å²) in [6.07, 6.45) is 0.777. The molecular weight excluding hydrogens is 780 g/mol. The van der Waals surface area contributed by atoms with Crippen molar-refractivity contribution in [3.05, 3.63) is 88.4 Å². The molecule has 2 aliphatic rings. The van der Waals surface area contributed by atoms with Gasteiger partial charge in [-0.1, -0.05) is 11.6 Å². The number of hydrogen-bond acceptors (Lipinski definition) is 8. The number of aromatic nitrogens is 8. The number of aryl methyl sites for hydroxylation is 2. The number of hydrogen-bond donors (Lipinski definition) is 4. The predicted octanol–water partition coefficient (Wildman–Crippen LogP) is 6.74. The van der Waals surface area contributed by atoms with Crippen LogP contribution in [0.3, 0.4) is 0 Å². The highest BCUT2D eigenvalue weighted by Crippen LogP contribution is 2.32. The Morgan fingerprint density at radius 1 is 0.825 bits per heavy atom. The van der Waals surface area contributed by atoms with Crippen molar-refractivity contribution < 1.29 is 35.9 Å². The van der Waals surface area contributed by atoms with Crippen LogP contribution in [0.25, 0.3) is 22.1 Å². The molecule has 57 heavy (non-hydrogen) atoms. The quantitative estimate of drug-likeness (QED) is 0.0749. The summed E-state index contributed by atoms with van der Waals surface area (Å²) in [5, 5.41) is 7.74. The number of rotatable bonds is 8. The monoisotopic (exact) mass is 819 g/mol. The van der Waals surface area contributed by atoms with Gasteiger partial charge in [0.25, 0.3) is 5.91 Å². The predicted molar refractivity (Wildman–Crippen MR) is 201 cm³/mol. The Morgan fingerprint density at radius 3 is 2.14 bits per heavy atom. The SMILES string of the molecule is Clc1ncnc2[nH]ccc12.Cn1cc(C(=O)CCCC(F)(F)F)c2c1CCN(c1ncnc3[nH]ccc13)C2.Cn1cc(C(=O)NCCC(F)(F)F)c2c1CCNC2. The third-order valence-corrected chi connectivity index (χ3v) is 9.99. The van der Waals surface area contributed by atoms with E-state index in [9.17, 15) is 35.9 Å². The largest absolute Gasteiger partial charge is 0.390 e. The Bertz CT molecular complexity index is 2340. The minimum absolute atomic E-state index is 0.106. The molecule has 4 N–H and O–H groups in total. The number of fused-ring (bicyclic) bond motifs is 4. The highest BCUT2D eigenvalue weighted by atomic mass is 35.5. The second kappa shape index (κ2) is 17.4. The average Bonchev–Trinajstić information content (AvgIpc) is 3.97. The maximum absolute atomic E-state index is 12.6. The van der Waals surface area contributed by atoms with Gasteiger partial charge in [0, 0.05) is 120 Å². The van der Waals surface area contributed by atoms with E-state index in [0.717, 1.165) is 76.3 Å². The van der Waals surface area contributed by atoms with Gasteiger partial charge in [0.15, 0.2) is 5.78 Å². The summed E-state index contributed by atoms with van der Waals surface area (Å²) < 4.78 is 77.0. The number of halogens is 7. The van der Waals surface area contributed by atoms with E-state index in [-0.39, 0.29) is 25.2 Å². The van der Waals surface area contributed by atoms with Crippen molar-refractivity contribution in [3.8, 4) is 0 Å². The van der Waals surface area contributed by atoms with Crippen molar-refractivity contribution in [2.75, 3.05) is 24.5 Å². The van der Waals surface area contributed by atoms with Gasteiger partial charge in [-0.25, -0.2) is 19.9 Å². The van der Waals surface area contributed by atoms with E-state index in [1.165, 1.54) is 12.7 Å². The van der Waals surface area contributed by atoms with E-state index >= 15 is 0 Å². The fraction of sp³-hybridized carbons (Fsp3) is 0.405. The highest BCUT2D eigenvalue weighted by Gasteiger charge is 2.30. The van der Waals surface area contributed by atoms with Crippen molar-refractivity contribution in [1.29, 1.82) is 0 Å². The number of nitrogens with one attached hydrogen (secondary N) is 4. The molecular formula is C37H40ClF6N11O2. The molecule has 6 aromatic heterocycles. The summed E-state index contributed by atoms with van der Waals surface area (Å²) in [5.74, 6) is 0.110. The van der Waals surface area contributed by atoms with Crippen molar-refractivity contribution >= 4 is 51.2 Å². The zero-order chi connectivity index (χ0) is 40.9. The Kier molecular flexibility index (Phi) is 12.6. The lowest BCUT2D eigenvalue weighted by Crippen LogP contribution is -2.32. The first kappa shape index (κ1) is 41.2. The summed E-state index contributed by atoms with van der Waals surface area (Å²) in [5.41, 5.74) is 6.39. The van der Waals surface area contributed by atoms with E-state index in [4.69, 9.17) is 11.6 Å². The summed E-state index contributed by atoms with van der Waals surface area (Å²) in [6, 6.07) is 3.76. The van der Waals surface area contributed by atoms with Crippen LogP contribution in [0, 0.1) is 0 Å². The molecule has 8 heterocycles. The van der Waals surface area contributed by atoms with E-state index in [1.54, 1.807) is 24.8 Å². The number of amides is 1. The van der Waals surface area contributed by atoms with Crippen LogP contribution in [0.15, 0.2) is 49.6 Å². The number of Topliss-reactive ketones (excluding diaryl/α,β-unsaturated/α-hetero) is 1. The molecule has 0 radical (unpaired) electrons. The number of nitrogens with zero attached hydrogens (tertiary/aromatic N) is 7. The van der Waals surface area contributed by atoms with Crippen LogP contribution in [0.5, 0.6) is 0 Å². The van der Waals surface area contributed by atoms with E-state index < -0.39 is 31.1 Å². The number of anilines is 1. The van der Waals surface area contributed by atoms with Gasteiger partial charge in [0.05, 0.1) is 22.8 Å². The fourth-order valence-corrected chi connectivity index (χ4v) is 7.16. The molecule has 0 fully saturated rings. The molecule has 0 aromatic carbocycles. The van der Waals surface area contributed by atoms with Gasteiger partial charge in [0.1, 0.15) is 34.9 Å². The summed E-state index contributed by atoms with van der Waals surface area (Å²) in [6.45, 7) is 2.27. The number of carbonyl (C=O) groups excluding carboxylic acids is 2. The van der Waals surface area contributed by atoms with Gasteiger partial charge in [-0.05, 0) is 24.1 Å². The molecule has 0 unspecified atom stereocenters. The first-order valence-corrected chi connectivity index (χ1v) is 18.4. The molecule has 13 nitrogen and oxygen atoms in total. The normalized spacial score (nSPS) is 14.0. The van der Waals surface area contributed by atoms with Gasteiger partial charge in [-0.2, -0.15) is 26.3 Å². The maximum Gasteiger partial charge on any atom is 0.390 e. The minimum Gasteiger partial charge on any atom is -0.353 e. The fourth-order valence-electron chi connectivity index (χ4n) is 6.96. The van der Waals surface area contributed by atoms with Crippen LogP contribution >= 0.6 is 11.6 Å². The number of aromatic amines is 2. The van der Waals surface area contributed by atoms with Gasteiger partial charge >= 0.3 is 12.4 Å². The number of H-pyrrole nitrogens is 2. The van der Waals surface area contributed by atoms with Crippen LogP contribution in [0.2, 0.25) is 5.15 Å². The third-order valence-electron chi connectivity index (χ3n) is 9.69. The smallest absolute Gasteiger partial charge is 0.353 e. The molecule has 304 valence electrons. The van der Waals surface area contributed by atoms with Gasteiger partial charge in [-0.15, -0.1) is 0 Å². The highest BCUT2D eigenvalue weighted by molar-refractivity contribution is 6.33. The second-order valence-corrected chi connectivity index (χ2v) is 14.0. The van der Waals surface area contributed by atoms with Crippen LogP contribution in [0.1, 0.15) is 68.9 Å². The van der Waals surface area contributed by atoms with Crippen molar-refractivity contribution in [2.45, 2.75) is 64.0 Å². The summed E-state index contributed by atoms with van der Waals surface area (Å²) in [7, 11) is 3.71. The molecule has 20 heteroatoms. The molecule has 6 aromatic rings. The van der Waals surface area contributed by atoms with Crippen LogP contribution in [0.4, 0.5) is 32.2 Å². The molecule has 0 spiro atoms. The molecule has 0 saturated carbocycles. The zero-order valence-corrected chi connectivity index (χ0v) is 31.7. The second-order valence-electron chi connectivity index (χ2n) is 13.6.